The lowest BCUT2D eigenvalue weighted by atomic mass is 9.79. The summed E-state index contributed by atoms with van der Waals surface area (Å²) >= 11 is 0. The summed E-state index contributed by atoms with van der Waals surface area (Å²) in [6.07, 6.45) is 12.6. The van der Waals surface area contributed by atoms with Gasteiger partial charge in [0.2, 0.25) is 5.91 Å². The van der Waals surface area contributed by atoms with E-state index in [4.69, 9.17) is 0 Å². The summed E-state index contributed by atoms with van der Waals surface area (Å²) in [4.78, 5) is 17.4. The van der Waals surface area contributed by atoms with Gasteiger partial charge in [-0.25, -0.2) is 0 Å². The maximum Gasteiger partial charge on any atom is 0.225 e. The van der Waals surface area contributed by atoms with Gasteiger partial charge in [-0.2, -0.15) is 5.10 Å². The van der Waals surface area contributed by atoms with Crippen LogP contribution in [0.3, 0.4) is 0 Å². The summed E-state index contributed by atoms with van der Waals surface area (Å²) in [5.41, 5.74) is 0. The molecular weight excluding hydrogens is 312 g/mol. The first-order chi connectivity index (χ1) is 12.3. The zero-order valence-electron chi connectivity index (χ0n) is 15.8. The second-order valence-electron chi connectivity index (χ2n) is 7.80. The van der Waals surface area contributed by atoms with Gasteiger partial charge in [-0.3, -0.25) is 14.4 Å². The zero-order valence-corrected chi connectivity index (χ0v) is 15.8. The average Bonchev–Trinajstić information content (AvgIpc) is 3.19. The number of amides is 1. The van der Waals surface area contributed by atoms with Crippen LogP contribution in [-0.2, 0) is 11.3 Å². The second-order valence-corrected chi connectivity index (χ2v) is 7.80. The first kappa shape index (κ1) is 18.4. The summed E-state index contributed by atoms with van der Waals surface area (Å²) in [6.45, 7) is 8.01. The summed E-state index contributed by atoms with van der Waals surface area (Å²) in [5.74, 6) is 1.61. The minimum atomic E-state index is 0.300. The summed E-state index contributed by atoms with van der Waals surface area (Å²) in [7, 11) is 0. The molecule has 0 N–H and O–H groups in total. The molecule has 2 heterocycles. The fourth-order valence-corrected chi connectivity index (χ4v) is 4.32. The molecule has 25 heavy (non-hydrogen) atoms. The molecule has 1 saturated heterocycles. The highest BCUT2D eigenvalue weighted by atomic mass is 16.2. The number of piperazine rings is 1. The van der Waals surface area contributed by atoms with Crippen molar-refractivity contribution in [2.24, 2.45) is 11.8 Å². The van der Waals surface area contributed by atoms with E-state index in [2.05, 4.69) is 21.8 Å². The molecule has 0 atom stereocenters. The Morgan fingerprint density at radius 3 is 2.48 bits per heavy atom. The van der Waals surface area contributed by atoms with Gasteiger partial charge in [-0.05, 0) is 37.7 Å². The smallest absolute Gasteiger partial charge is 0.225 e. The Hall–Kier alpha value is -1.36. The Labute approximate surface area is 152 Å². The predicted octanol–water partition coefficient (Wildman–Crippen LogP) is 3.02. The molecule has 1 aliphatic carbocycles. The third-order valence-electron chi connectivity index (χ3n) is 6.05. The summed E-state index contributed by atoms with van der Waals surface area (Å²) < 4.78 is 1.98. The van der Waals surface area contributed by atoms with Crippen molar-refractivity contribution in [1.29, 1.82) is 0 Å². The van der Waals surface area contributed by atoms with Crippen LogP contribution in [0.15, 0.2) is 18.5 Å². The largest absolute Gasteiger partial charge is 0.340 e. The zero-order chi connectivity index (χ0) is 17.5. The Morgan fingerprint density at radius 1 is 1.08 bits per heavy atom. The molecule has 1 aliphatic heterocycles. The number of unbranched alkanes of at least 4 members (excludes halogenated alkanes) is 1. The van der Waals surface area contributed by atoms with Crippen molar-refractivity contribution in [3.8, 4) is 0 Å². The third-order valence-corrected chi connectivity index (χ3v) is 6.05. The monoisotopic (exact) mass is 346 g/mol. The van der Waals surface area contributed by atoms with Crippen molar-refractivity contribution in [3.05, 3.63) is 18.5 Å². The molecule has 3 rings (SSSR count). The molecule has 0 radical (unpaired) electrons. The Morgan fingerprint density at radius 2 is 1.84 bits per heavy atom. The van der Waals surface area contributed by atoms with Crippen LogP contribution >= 0.6 is 0 Å². The highest BCUT2D eigenvalue weighted by molar-refractivity contribution is 5.79. The van der Waals surface area contributed by atoms with Crippen LogP contribution < -0.4 is 0 Å². The van der Waals surface area contributed by atoms with Crippen molar-refractivity contribution >= 4 is 5.91 Å². The highest BCUT2D eigenvalue weighted by Gasteiger charge is 2.30. The molecule has 0 unspecified atom stereocenters. The second kappa shape index (κ2) is 9.37. The van der Waals surface area contributed by atoms with Crippen LogP contribution in [0.2, 0.25) is 0 Å². The fourth-order valence-electron chi connectivity index (χ4n) is 4.32. The highest BCUT2D eigenvalue weighted by Crippen LogP contribution is 2.33. The van der Waals surface area contributed by atoms with Crippen molar-refractivity contribution in [2.75, 3.05) is 32.7 Å². The molecule has 140 valence electrons. The average molecular weight is 347 g/mol. The van der Waals surface area contributed by atoms with Crippen molar-refractivity contribution in [2.45, 2.75) is 58.4 Å². The van der Waals surface area contributed by atoms with E-state index in [0.717, 1.165) is 58.0 Å². The maximum absolute atomic E-state index is 12.8. The SMILES string of the molecule is CCCCC1CCC(C(=O)N2CCN(CCn3cccn3)CC2)CC1. The van der Waals surface area contributed by atoms with Gasteiger partial charge in [-0.1, -0.05) is 26.2 Å². The van der Waals surface area contributed by atoms with E-state index in [0.29, 0.717) is 11.8 Å². The molecular formula is C20H34N4O. The van der Waals surface area contributed by atoms with Crippen molar-refractivity contribution in [1.82, 2.24) is 19.6 Å². The molecule has 0 spiro atoms. The molecule has 0 bridgehead atoms. The van der Waals surface area contributed by atoms with Crippen LogP contribution in [0.1, 0.15) is 51.9 Å². The van der Waals surface area contributed by atoms with Gasteiger partial charge in [-0.15, -0.1) is 0 Å². The number of hydrogen-bond donors (Lipinski definition) is 0. The van der Waals surface area contributed by atoms with Gasteiger partial charge >= 0.3 is 0 Å². The van der Waals surface area contributed by atoms with Crippen LogP contribution in [-0.4, -0.2) is 58.2 Å². The van der Waals surface area contributed by atoms with E-state index in [1.165, 1.54) is 32.1 Å². The van der Waals surface area contributed by atoms with Gasteiger partial charge in [0.1, 0.15) is 0 Å². The first-order valence-corrected chi connectivity index (χ1v) is 10.2. The van der Waals surface area contributed by atoms with Crippen molar-refractivity contribution in [3.63, 3.8) is 0 Å². The minimum Gasteiger partial charge on any atom is -0.340 e. The van der Waals surface area contributed by atoms with Gasteiger partial charge in [0.15, 0.2) is 0 Å². The molecule has 2 fully saturated rings. The van der Waals surface area contributed by atoms with Crippen LogP contribution in [0.4, 0.5) is 0 Å². The van der Waals surface area contributed by atoms with E-state index in [-0.39, 0.29) is 0 Å². The van der Waals surface area contributed by atoms with Gasteiger partial charge in [0.25, 0.3) is 0 Å². The number of carbonyl (C=O) groups excluding carboxylic acids is 1. The maximum atomic E-state index is 12.8. The fraction of sp³-hybridized carbons (Fsp3) is 0.800. The molecule has 0 aromatic carbocycles. The number of carbonyl (C=O) groups is 1. The topological polar surface area (TPSA) is 41.4 Å². The van der Waals surface area contributed by atoms with Crippen LogP contribution in [0.25, 0.3) is 0 Å². The van der Waals surface area contributed by atoms with E-state index >= 15 is 0 Å². The number of aromatic nitrogens is 2. The molecule has 1 saturated carbocycles. The van der Waals surface area contributed by atoms with Gasteiger partial charge in [0.05, 0.1) is 6.54 Å². The third kappa shape index (κ3) is 5.30. The Balaban J connectivity index is 1.35. The van der Waals surface area contributed by atoms with Crippen LogP contribution in [0, 0.1) is 11.8 Å². The Kier molecular flexibility index (Phi) is 6.91. The molecule has 1 aromatic heterocycles. The summed E-state index contributed by atoms with van der Waals surface area (Å²) in [6, 6.07) is 1.97. The van der Waals surface area contributed by atoms with E-state index in [1.807, 2.05) is 23.1 Å². The molecule has 2 aliphatic rings. The van der Waals surface area contributed by atoms with E-state index in [1.54, 1.807) is 0 Å². The Bertz CT molecular complexity index is 500. The molecule has 5 heteroatoms. The predicted molar refractivity (Wildman–Crippen MR) is 100 cm³/mol. The molecule has 5 nitrogen and oxygen atoms in total. The normalized spacial score (nSPS) is 25.2. The first-order valence-electron chi connectivity index (χ1n) is 10.2. The number of rotatable bonds is 7. The van der Waals surface area contributed by atoms with Gasteiger partial charge in [0, 0.05) is 51.0 Å². The van der Waals surface area contributed by atoms with E-state index in [9.17, 15) is 4.79 Å². The molecule has 1 amide bonds. The number of nitrogens with zero attached hydrogens (tertiary/aromatic N) is 4. The standard InChI is InChI=1S/C20H34N4O/c1-2-3-5-18-6-8-19(9-7-18)20(25)23-15-12-22(13-16-23)14-17-24-11-4-10-21-24/h4,10-11,18-19H,2-3,5-9,12-17H2,1H3. The van der Waals surface area contributed by atoms with Gasteiger partial charge < -0.3 is 4.90 Å². The van der Waals surface area contributed by atoms with E-state index < -0.39 is 0 Å². The lowest BCUT2D eigenvalue weighted by molar-refractivity contribution is -0.138. The number of hydrogen-bond acceptors (Lipinski definition) is 3. The lowest BCUT2D eigenvalue weighted by Gasteiger charge is -2.38. The summed E-state index contributed by atoms with van der Waals surface area (Å²) in [5, 5.41) is 4.26. The minimum absolute atomic E-state index is 0.300. The molecule has 1 aromatic rings. The quantitative estimate of drug-likeness (QED) is 0.762. The lowest BCUT2D eigenvalue weighted by Crippen LogP contribution is -2.51. The van der Waals surface area contributed by atoms with Crippen LogP contribution in [0.5, 0.6) is 0 Å². The van der Waals surface area contributed by atoms with Crippen molar-refractivity contribution < 1.29 is 4.79 Å².